The predicted molar refractivity (Wildman–Crippen MR) is 88.7 cm³/mol. The van der Waals surface area contributed by atoms with Crippen molar-refractivity contribution >= 4 is 16.1 Å². The van der Waals surface area contributed by atoms with Gasteiger partial charge in [-0.15, -0.1) is 0 Å². The lowest BCUT2D eigenvalue weighted by molar-refractivity contribution is -0.140. The Morgan fingerprint density at radius 2 is 1.23 bits per heavy atom. The van der Waals surface area contributed by atoms with Crippen LogP contribution in [0.2, 0.25) is 0 Å². The van der Waals surface area contributed by atoms with Crippen molar-refractivity contribution in [3.8, 4) is 0 Å². The van der Waals surface area contributed by atoms with Gasteiger partial charge in [0.1, 0.15) is 0 Å². The molecule has 0 radical (unpaired) electrons. The molecule has 132 valence electrons. The first-order valence-corrected chi connectivity index (χ1v) is 9.96. The molecule has 1 atom stereocenters. The molecule has 1 unspecified atom stereocenters. The van der Waals surface area contributed by atoms with Crippen LogP contribution >= 0.6 is 0 Å². The molecule has 0 rings (SSSR count). The highest BCUT2D eigenvalue weighted by molar-refractivity contribution is 7.88. The molecule has 0 aliphatic carbocycles. The third-order valence-electron chi connectivity index (χ3n) is 4.25. The number of rotatable bonds is 14. The van der Waals surface area contributed by atoms with Crippen LogP contribution in [0, 0.1) is 0 Å². The van der Waals surface area contributed by atoms with Crippen molar-refractivity contribution in [1.82, 2.24) is 0 Å². The summed E-state index contributed by atoms with van der Waals surface area (Å²) in [6, 6.07) is 0. The van der Waals surface area contributed by atoms with Crippen molar-refractivity contribution in [2.75, 3.05) is 0 Å². The molecule has 0 bridgehead atoms. The second-order valence-corrected chi connectivity index (χ2v) is 7.83. The number of carbonyl (C=O) groups is 1. The molecule has 0 heterocycles. The molecular formula is C16H32O5S. The van der Waals surface area contributed by atoms with Gasteiger partial charge in [0.05, 0.1) is 0 Å². The van der Waals surface area contributed by atoms with Gasteiger partial charge in [0.2, 0.25) is 0 Å². The van der Waals surface area contributed by atoms with E-state index in [0.29, 0.717) is 19.3 Å². The van der Waals surface area contributed by atoms with Gasteiger partial charge in [0.25, 0.3) is 10.1 Å². The quantitative estimate of drug-likeness (QED) is 0.362. The number of carboxylic acids is 1. The van der Waals surface area contributed by atoms with Crippen LogP contribution in [-0.2, 0) is 14.9 Å². The fraction of sp³-hybridized carbons (Fsp3) is 0.938. The van der Waals surface area contributed by atoms with Gasteiger partial charge in [0.15, 0.2) is 4.75 Å². The third kappa shape index (κ3) is 7.09. The van der Waals surface area contributed by atoms with E-state index >= 15 is 0 Å². The van der Waals surface area contributed by atoms with E-state index in [1.54, 1.807) is 0 Å². The molecule has 0 saturated carbocycles. The molecule has 0 fully saturated rings. The Bertz CT molecular complexity index is 405. The monoisotopic (exact) mass is 336 g/mol. The summed E-state index contributed by atoms with van der Waals surface area (Å²) in [7, 11) is -4.60. The normalized spacial score (nSPS) is 14.7. The maximum absolute atomic E-state index is 11.6. The summed E-state index contributed by atoms with van der Waals surface area (Å²) in [6.45, 7) is 4.03. The van der Waals surface area contributed by atoms with Crippen molar-refractivity contribution in [2.45, 2.75) is 95.6 Å². The second kappa shape index (κ2) is 11.0. The Labute approximate surface area is 135 Å². The van der Waals surface area contributed by atoms with Gasteiger partial charge < -0.3 is 5.11 Å². The maximum Gasteiger partial charge on any atom is 0.327 e. The minimum Gasteiger partial charge on any atom is -0.480 e. The highest BCUT2D eigenvalue weighted by atomic mass is 32.2. The van der Waals surface area contributed by atoms with Crippen LogP contribution in [0.15, 0.2) is 0 Å². The van der Waals surface area contributed by atoms with Crippen LogP contribution in [0.3, 0.4) is 0 Å². The van der Waals surface area contributed by atoms with Crippen LogP contribution in [0.5, 0.6) is 0 Å². The van der Waals surface area contributed by atoms with Crippen molar-refractivity contribution in [3.63, 3.8) is 0 Å². The van der Waals surface area contributed by atoms with E-state index in [-0.39, 0.29) is 12.8 Å². The van der Waals surface area contributed by atoms with E-state index in [9.17, 15) is 22.9 Å². The van der Waals surface area contributed by atoms with Crippen LogP contribution in [-0.4, -0.2) is 28.8 Å². The maximum atomic E-state index is 11.6. The molecule has 0 aromatic heterocycles. The fourth-order valence-electron chi connectivity index (χ4n) is 2.71. The number of hydrogen-bond acceptors (Lipinski definition) is 3. The summed E-state index contributed by atoms with van der Waals surface area (Å²) in [5.74, 6) is -1.42. The number of aliphatic carboxylic acids is 1. The first-order valence-electron chi connectivity index (χ1n) is 8.52. The minimum atomic E-state index is -4.60. The molecule has 2 N–H and O–H groups in total. The fourth-order valence-corrected chi connectivity index (χ4v) is 3.74. The average Bonchev–Trinajstić information content (AvgIpc) is 2.43. The summed E-state index contributed by atoms with van der Waals surface area (Å²) in [4.78, 5) is 11.5. The summed E-state index contributed by atoms with van der Waals surface area (Å²) < 4.78 is 30.6. The largest absolute Gasteiger partial charge is 0.480 e. The molecule has 22 heavy (non-hydrogen) atoms. The van der Waals surface area contributed by atoms with E-state index in [1.165, 1.54) is 25.7 Å². The number of hydrogen-bond donors (Lipinski definition) is 2. The number of carboxylic acid groups (broad SMARTS) is 1. The number of unbranched alkanes of at least 4 members (excludes halogenated alkanes) is 8. The van der Waals surface area contributed by atoms with Crippen molar-refractivity contribution in [1.29, 1.82) is 0 Å². The van der Waals surface area contributed by atoms with Crippen LogP contribution in [0.4, 0.5) is 0 Å². The van der Waals surface area contributed by atoms with E-state index in [2.05, 4.69) is 6.92 Å². The van der Waals surface area contributed by atoms with Gasteiger partial charge in [-0.25, -0.2) is 0 Å². The molecular weight excluding hydrogens is 304 g/mol. The Morgan fingerprint density at radius 3 is 1.64 bits per heavy atom. The highest BCUT2D eigenvalue weighted by Crippen LogP contribution is 2.30. The minimum absolute atomic E-state index is 0.00384. The zero-order valence-corrected chi connectivity index (χ0v) is 14.8. The lowest BCUT2D eigenvalue weighted by Gasteiger charge is -2.26. The van der Waals surface area contributed by atoms with Gasteiger partial charge in [-0.05, 0) is 12.8 Å². The Morgan fingerprint density at radius 1 is 0.818 bits per heavy atom. The molecule has 0 saturated heterocycles. The third-order valence-corrected chi connectivity index (χ3v) is 5.82. The molecule has 0 aromatic rings. The smallest absolute Gasteiger partial charge is 0.327 e. The SMILES string of the molecule is CCCCCCCCCCC(CCCC)(C(=O)O)S(=O)(=O)O. The first-order chi connectivity index (χ1) is 10.3. The van der Waals surface area contributed by atoms with Gasteiger partial charge >= 0.3 is 5.97 Å². The zero-order valence-electron chi connectivity index (χ0n) is 14.0. The molecule has 0 aromatic carbocycles. The summed E-state index contributed by atoms with van der Waals surface area (Å²) in [5.41, 5.74) is 0. The molecule has 6 heteroatoms. The van der Waals surface area contributed by atoms with Gasteiger partial charge in [0, 0.05) is 0 Å². The standard InChI is InChI=1S/C16H32O5S/c1-3-5-7-8-9-10-11-12-14-16(15(17)18,13-6-4-2)22(19,20)21/h3-14H2,1-2H3,(H,17,18)(H,19,20,21). The van der Waals surface area contributed by atoms with Crippen molar-refractivity contribution in [3.05, 3.63) is 0 Å². The van der Waals surface area contributed by atoms with E-state index in [4.69, 9.17) is 0 Å². The Kier molecular flexibility index (Phi) is 10.7. The molecule has 0 spiro atoms. The van der Waals surface area contributed by atoms with E-state index in [0.717, 1.165) is 19.3 Å². The van der Waals surface area contributed by atoms with Crippen molar-refractivity contribution < 1.29 is 22.9 Å². The molecule has 5 nitrogen and oxygen atoms in total. The zero-order chi connectivity index (χ0) is 17.1. The first kappa shape index (κ1) is 21.4. The summed E-state index contributed by atoms with van der Waals surface area (Å²) in [5, 5.41) is 9.35. The Hall–Kier alpha value is -0.620. The van der Waals surface area contributed by atoms with Crippen LogP contribution in [0.1, 0.15) is 90.9 Å². The average molecular weight is 336 g/mol. The van der Waals surface area contributed by atoms with E-state index < -0.39 is 20.8 Å². The molecule has 0 amide bonds. The van der Waals surface area contributed by atoms with Gasteiger partial charge in [-0.3, -0.25) is 9.35 Å². The second-order valence-electron chi connectivity index (χ2n) is 6.10. The van der Waals surface area contributed by atoms with Crippen molar-refractivity contribution in [2.24, 2.45) is 0 Å². The van der Waals surface area contributed by atoms with Crippen LogP contribution in [0.25, 0.3) is 0 Å². The lowest BCUT2D eigenvalue weighted by atomic mass is 9.94. The topological polar surface area (TPSA) is 91.7 Å². The highest BCUT2D eigenvalue weighted by Gasteiger charge is 2.49. The van der Waals surface area contributed by atoms with Gasteiger partial charge in [-0.1, -0.05) is 78.1 Å². The van der Waals surface area contributed by atoms with E-state index in [1.807, 2.05) is 6.92 Å². The summed E-state index contributed by atoms with van der Waals surface area (Å²) >= 11 is 0. The molecule has 0 aliphatic rings. The Balaban J connectivity index is 4.39. The predicted octanol–water partition coefficient (Wildman–Crippen LogP) is 4.42. The lowest BCUT2D eigenvalue weighted by Crippen LogP contribution is -2.46. The summed E-state index contributed by atoms with van der Waals surface area (Å²) in [6.07, 6.45) is 9.39. The van der Waals surface area contributed by atoms with Gasteiger partial charge in [-0.2, -0.15) is 8.42 Å². The molecule has 0 aliphatic heterocycles. The van der Waals surface area contributed by atoms with Crippen LogP contribution < -0.4 is 0 Å².